The topological polar surface area (TPSA) is 0 Å². The van der Waals surface area contributed by atoms with Gasteiger partial charge in [-0.3, -0.25) is 0 Å². The summed E-state index contributed by atoms with van der Waals surface area (Å²) in [7, 11) is 0. The van der Waals surface area contributed by atoms with Gasteiger partial charge in [-0.2, -0.15) is 0 Å². The van der Waals surface area contributed by atoms with E-state index in [2.05, 4.69) is 110 Å². The summed E-state index contributed by atoms with van der Waals surface area (Å²) in [6, 6.07) is 37.1. The highest BCUT2D eigenvalue weighted by Crippen LogP contribution is 2.56. The van der Waals surface area contributed by atoms with E-state index < -0.39 is 0 Å². The lowest BCUT2D eigenvalue weighted by molar-refractivity contribution is 0.768. The zero-order valence-corrected chi connectivity index (χ0v) is 15.1. The van der Waals surface area contributed by atoms with Crippen LogP contribution in [0.2, 0.25) is 0 Å². The summed E-state index contributed by atoms with van der Waals surface area (Å²) in [5, 5.41) is 0. The van der Waals surface area contributed by atoms with Crippen molar-refractivity contribution in [3.8, 4) is 11.1 Å². The van der Waals surface area contributed by atoms with Gasteiger partial charge in [0.05, 0.1) is 5.41 Å². The molecule has 4 aromatic carbocycles. The molecule has 5 rings (SSSR count). The van der Waals surface area contributed by atoms with Crippen LogP contribution in [0.25, 0.3) is 17.2 Å². The molecule has 0 radical (unpaired) electrons. The van der Waals surface area contributed by atoms with Gasteiger partial charge in [-0.05, 0) is 38.9 Å². The third kappa shape index (κ3) is 2.10. The van der Waals surface area contributed by atoms with Gasteiger partial charge in [0.15, 0.2) is 0 Å². The maximum Gasteiger partial charge on any atom is 0.0713 e. The second-order valence-electron chi connectivity index (χ2n) is 7.00. The van der Waals surface area contributed by atoms with E-state index in [1.54, 1.807) is 0 Å². The van der Waals surface area contributed by atoms with E-state index >= 15 is 0 Å². The molecule has 0 bridgehead atoms. The Bertz CT molecular complexity index is 1080. The van der Waals surface area contributed by atoms with Crippen molar-refractivity contribution in [2.75, 3.05) is 0 Å². The Morgan fingerprint density at radius 1 is 0.556 bits per heavy atom. The second-order valence-corrected chi connectivity index (χ2v) is 7.00. The van der Waals surface area contributed by atoms with Crippen LogP contribution in [0.15, 0.2) is 110 Å². The van der Waals surface area contributed by atoms with Crippen molar-refractivity contribution in [3.05, 3.63) is 138 Å². The summed E-state index contributed by atoms with van der Waals surface area (Å²) >= 11 is 0. The molecule has 27 heavy (non-hydrogen) atoms. The minimum Gasteiger partial charge on any atom is -0.0984 e. The fourth-order valence-electron chi connectivity index (χ4n) is 4.69. The summed E-state index contributed by atoms with van der Waals surface area (Å²) in [5.74, 6) is 0. The minimum atomic E-state index is -0.312. The Hall–Kier alpha value is -3.38. The van der Waals surface area contributed by atoms with Gasteiger partial charge in [0.2, 0.25) is 0 Å². The van der Waals surface area contributed by atoms with Gasteiger partial charge < -0.3 is 0 Å². The Morgan fingerprint density at radius 2 is 1.11 bits per heavy atom. The third-order valence-corrected chi connectivity index (χ3v) is 5.73. The van der Waals surface area contributed by atoms with Crippen LogP contribution >= 0.6 is 0 Å². The number of hydrogen-bond acceptors (Lipinski definition) is 0. The van der Waals surface area contributed by atoms with Gasteiger partial charge in [-0.1, -0.05) is 116 Å². The van der Waals surface area contributed by atoms with Gasteiger partial charge >= 0.3 is 0 Å². The monoisotopic (exact) mass is 344 g/mol. The molecule has 0 N–H and O–H groups in total. The molecule has 1 aliphatic rings. The van der Waals surface area contributed by atoms with Gasteiger partial charge in [-0.15, -0.1) is 0 Å². The quantitative estimate of drug-likeness (QED) is 0.342. The highest BCUT2D eigenvalue weighted by molar-refractivity contribution is 5.90. The first-order valence-electron chi connectivity index (χ1n) is 9.34. The van der Waals surface area contributed by atoms with Crippen LogP contribution in [-0.2, 0) is 5.41 Å². The minimum absolute atomic E-state index is 0.312. The normalized spacial score (nSPS) is 13.6. The molecule has 0 aliphatic heterocycles. The third-order valence-electron chi connectivity index (χ3n) is 5.73. The fraction of sp³-hybridized carbons (Fsp3) is 0.0370. The fourth-order valence-corrected chi connectivity index (χ4v) is 4.69. The van der Waals surface area contributed by atoms with E-state index in [9.17, 15) is 0 Å². The highest BCUT2D eigenvalue weighted by atomic mass is 14.5. The van der Waals surface area contributed by atoms with E-state index in [1.807, 2.05) is 6.08 Å². The average Bonchev–Trinajstić information content (AvgIpc) is 3.06. The molecule has 0 nitrogen and oxygen atoms in total. The lowest BCUT2D eigenvalue weighted by atomic mass is 9.67. The lowest BCUT2D eigenvalue weighted by Gasteiger charge is -2.33. The van der Waals surface area contributed by atoms with E-state index in [0.29, 0.717) is 0 Å². The SMILES string of the molecule is C=Cc1cccc2c1-c1ccccc1C2(c1ccccc1)c1ccccc1. The first kappa shape index (κ1) is 15.8. The van der Waals surface area contributed by atoms with Crippen molar-refractivity contribution in [2.45, 2.75) is 5.41 Å². The summed E-state index contributed by atoms with van der Waals surface area (Å²) < 4.78 is 0. The Kier molecular flexibility index (Phi) is 3.58. The van der Waals surface area contributed by atoms with Crippen LogP contribution in [0.5, 0.6) is 0 Å². The van der Waals surface area contributed by atoms with E-state index in [4.69, 9.17) is 0 Å². The van der Waals surface area contributed by atoms with Gasteiger partial charge in [-0.25, -0.2) is 0 Å². The average molecular weight is 344 g/mol. The van der Waals surface area contributed by atoms with E-state index in [0.717, 1.165) is 0 Å². The summed E-state index contributed by atoms with van der Waals surface area (Å²) in [6.45, 7) is 4.07. The largest absolute Gasteiger partial charge is 0.0984 e. The van der Waals surface area contributed by atoms with Crippen molar-refractivity contribution in [1.29, 1.82) is 0 Å². The van der Waals surface area contributed by atoms with Crippen LogP contribution in [0.1, 0.15) is 27.8 Å². The number of hydrogen-bond donors (Lipinski definition) is 0. The molecule has 0 aromatic heterocycles. The van der Waals surface area contributed by atoms with Crippen molar-refractivity contribution in [2.24, 2.45) is 0 Å². The first-order valence-corrected chi connectivity index (χ1v) is 9.34. The number of rotatable bonds is 3. The molecule has 0 heteroatoms. The van der Waals surface area contributed by atoms with E-state index in [-0.39, 0.29) is 5.41 Å². The number of fused-ring (bicyclic) bond motifs is 3. The molecule has 4 aromatic rings. The van der Waals surface area contributed by atoms with Crippen LogP contribution in [0.4, 0.5) is 0 Å². The summed E-state index contributed by atoms with van der Waals surface area (Å²) in [6.07, 6.45) is 1.97. The molecule has 0 fully saturated rings. The van der Waals surface area contributed by atoms with Gasteiger partial charge in [0, 0.05) is 0 Å². The Balaban J connectivity index is 2.01. The Morgan fingerprint density at radius 3 is 1.74 bits per heavy atom. The van der Waals surface area contributed by atoms with Crippen LogP contribution < -0.4 is 0 Å². The predicted octanol–water partition coefficient (Wildman–Crippen LogP) is 6.69. The molecule has 0 spiro atoms. The standard InChI is InChI=1S/C27H20/c1-2-20-12-11-19-25-26(20)23-17-9-10-18-24(23)27(25,21-13-5-3-6-14-21)22-15-7-4-8-16-22/h2-19H,1H2. The Labute approximate surface area is 160 Å². The highest BCUT2D eigenvalue weighted by Gasteiger charge is 2.46. The van der Waals surface area contributed by atoms with Gasteiger partial charge in [0.25, 0.3) is 0 Å². The molecule has 0 heterocycles. The lowest BCUT2D eigenvalue weighted by Crippen LogP contribution is -2.28. The van der Waals surface area contributed by atoms with Crippen LogP contribution in [-0.4, -0.2) is 0 Å². The van der Waals surface area contributed by atoms with Crippen molar-refractivity contribution in [3.63, 3.8) is 0 Å². The maximum atomic E-state index is 4.07. The number of benzene rings is 4. The van der Waals surface area contributed by atoms with Crippen molar-refractivity contribution in [1.82, 2.24) is 0 Å². The molecule has 0 saturated heterocycles. The molecular weight excluding hydrogens is 324 g/mol. The molecule has 128 valence electrons. The van der Waals surface area contributed by atoms with Crippen LogP contribution in [0, 0.1) is 0 Å². The van der Waals surface area contributed by atoms with E-state index in [1.165, 1.54) is 38.9 Å². The van der Waals surface area contributed by atoms with Crippen molar-refractivity contribution >= 4 is 6.08 Å². The molecule has 1 aliphatic carbocycles. The van der Waals surface area contributed by atoms with Crippen LogP contribution in [0.3, 0.4) is 0 Å². The molecular formula is C27H20. The predicted molar refractivity (Wildman–Crippen MR) is 114 cm³/mol. The second kappa shape index (κ2) is 6.10. The summed E-state index contributed by atoms with van der Waals surface area (Å²) in [5.41, 5.74) is 8.74. The zero-order valence-electron chi connectivity index (χ0n) is 15.1. The molecule has 0 saturated carbocycles. The molecule has 0 unspecified atom stereocenters. The maximum absolute atomic E-state index is 4.07. The van der Waals surface area contributed by atoms with Gasteiger partial charge in [0.1, 0.15) is 0 Å². The zero-order chi connectivity index (χ0) is 18.3. The smallest absolute Gasteiger partial charge is 0.0713 e. The summed E-state index contributed by atoms with van der Waals surface area (Å²) in [4.78, 5) is 0. The molecule has 0 atom stereocenters. The first-order chi connectivity index (χ1) is 13.4. The van der Waals surface area contributed by atoms with Crippen molar-refractivity contribution < 1.29 is 0 Å². The molecule has 0 amide bonds.